The van der Waals surface area contributed by atoms with Crippen molar-refractivity contribution >= 4 is 39.9 Å². The first-order valence-electron chi connectivity index (χ1n) is 6.02. The molecule has 3 rings (SSSR count). The molecular weight excluding hydrogens is 299 g/mol. The maximum absolute atomic E-state index is 13.7. The van der Waals surface area contributed by atoms with Crippen LogP contribution < -0.4 is 5.73 Å². The minimum atomic E-state index is -0.483. The predicted molar refractivity (Wildman–Crippen MR) is 79.8 cm³/mol. The Balaban J connectivity index is 2.20. The first kappa shape index (κ1) is 13.3. The Labute approximate surface area is 124 Å². The van der Waals surface area contributed by atoms with Crippen molar-refractivity contribution < 1.29 is 4.39 Å². The second kappa shape index (κ2) is 4.71. The van der Waals surface area contributed by atoms with Crippen molar-refractivity contribution in [3.05, 3.63) is 39.1 Å². The Hall–Kier alpha value is -1.66. The van der Waals surface area contributed by atoms with Crippen molar-refractivity contribution in [2.24, 2.45) is 0 Å². The molecule has 0 aliphatic carbocycles. The number of imidazole rings is 1. The number of anilines is 1. The third-order valence-corrected chi connectivity index (χ3v) is 4.52. The molecular formula is C13H12ClFN4S. The number of nitrogens with zero attached hydrogens (tertiary/aromatic N) is 3. The van der Waals surface area contributed by atoms with Crippen molar-refractivity contribution in [3.63, 3.8) is 0 Å². The highest BCUT2D eigenvalue weighted by atomic mass is 35.5. The zero-order valence-electron chi connectivity index (χ0n) is 10.9. The Kier molecular flexibility index (Phi) is 3.14. The average molecular weight is 311 g/mol. The van der Waals surface area contributed by atoms with Gasteiger partial charge in [-0.1, -0.05) is 11.6 Å². The Morgan fingerprint density at radius 3 is 2.85 bits per heavy atom. The highest BCUT2D eigenvalue weighted by Gasteiger charge is 2.19. The molecule has 20 heavy (non-hydrogen) atoms. The number of halogens is 2. The molecule has 0 fully saturated rings. The predicted octanol–water partition coefficient (Wildman–Crippen LogP) is 3.79. The van der Waals surface area contributed by atoms with E-state index in [4.69, 9.17) is 17.3 Å². The van der Waals surface area contributed by atoms with Gasteiger partial charge in [-0.15, -0.1) is 11.3 Å². The zero-order chi connectivity index (χ0) is 14.4. The zero-order valence-corrected chi connectivity index (χ0v) is 12.5. The number of thiazole rings is 1. The van der Waals surface area contributed by atoms with Crippen molar-refractivity contribution in [1.29, 1.82) is 0 Å². The van der Waals surface area contributed by atoms with E-state index in [1.807, 2.05) is 20.0 Å². The summed E-state index contributed by atoms with van der Waals surface area (Å²) in [5.74, 6) is -0.162. The highest BCUT2D eigenvalue weighted by Crippen LogP contribution is 2.31. The lowest BCUT2D eigenvalue weighted by Crippen LogP contribution is -2.09. The maximum atomic E-state index is 13.7. The van der Waals surface area contributed by atoms with Gasteiger partial charge in [0.05, 0.1) is 22.1 Å². The van der Waals surface area contributed by atoms with E-state index in [-0.39, 0.29) is 11.1 Å². The number of nitrogens with two attached hydrogens (primary N) is 1. The van der Waals surface area contributed by atoms with Gasteiger partial charge < -0.3 is 10.3 Å². The van der Waals surface area contributed by atoms with Gasteiger partial charge in [0, 0.05) is 17.1 Å². The molecule has 4 nitrogen and oxygen atoms in total. The largest absolute Gasteiger partial charge is 0.369 e. The van der Waals surface area contributed by atoms with Crippen LogP contribution in [0.25, 0.3) is 11.0 Å². The molecule has 3 aromatic rings. The molecule has 104 valence electrons. The Morgan fingerprint density at radius 1 is 1.45 bits per heavy atom. The lowest BCUT2D eigenvalue weighted by Gasteiger charge is -2.13. The lowest BCUT2D eigenvalue weighted by molar-refractivity contribution is 0.625. The first-order chi connectivity index (χ1) is 9.47. The Morgan fingerprint density at radius 2 is 2.20 bits per heavy atom. The lowest BCUT2D eigenvalue weighted by atomic mass is 10.2. The summed E-state index contributed by atoms with van der Waals surface area (Å²) in [5, 5.41) is 0.948. The quantitative estimate of drug-likeness (QED) is 0.783. The monoisotopic (exact) mass is 310 g/mol. The van der Waals surface area contributed by atoms with Gasteiger partial charge >= 0.3 is 0 Å². The van der Waals surface area contributed by atoms with Crippen LogP contribution >= 0.6 is 22.9 Å². The number of rotatable bonds is 2. The van der Waals surface area contributed by atoms with Gasteiger partial charge in [0.15, 0.2) is 0 Å². The van der Waals surface area contributed by atoms with E-state index in [0.717, 1.165) is 9.88 Å². The average Bonchev–Trinajstić information content (AvgIpc) is 2.93. The third-order valence-electron chi connectivity index (χ3n) is 3.14. The van der Waals surface area contributed by atoms with Gasteiger partial charge in [-0.05, 0) is 19.9 Å². The number of hydrogen-bond acceptors (Lipinski definition) is 4. The highest BCUT2D eigenvalue weighted by molar-refractivity contribution is 7.11. The summed E-state index contributed by atoms with van der Waals surface area (Å²) in [6, 6.07) is 2.73. The van der Waals surface area contributed by atoms with Crippen LogP contribution in [0.5, 0.6) is 0 Å². The van der Waals surface area contributed by atoms with Crippen molar-refractivity contribution in [2.75, 3.05) is 5.73 Å². The van der Waals surface area contributed by atoms with Gasteiger partial charge in [0.25, 0.3) is 0 Å². The fourth-order valence-electron chi connectivity index (χ4n) is 2.19. The molecule has 2 heterocycles. The first-order valence-corrected chi connectivity index (χ1v) is 7.21. The van der Waals surface area contributed by atoms with Crippen LogP contribution in [0.4, 0.5) is 10.3 Å². The summed E-state index contributed by atoms with van der Waals surface area (Å²) >= 11 is 7.36. The molecule has 2 aromatic heterocycles. The molecule has 0 aliphatic heterocycles. The standard InChI is InChI=1S/C13H12ClFN4S/c1-6-5-17-12(20-6)7(2)19-11-4-9(15)8(14)3-10(11)18-13(19)16/h3-5,7H,1-2H3,(H2,16,18). The molecule has 0 bridgehead atoms. The van der Waals surface area contributed by atoms with Crippen LogP contribution in [0.1, 0.15) is 22.9 Å². The van der Waals surface area contributed by atoms with Gasteiger partial charge in [-0.3, -0.25) is 0 Å². The van der Waals surface area contributed by atoms with Crippen LogP contribution in [-0.2, 0) is 0 Å². The van der Waals surface area contributed by atoms with Crippen LogP contribution in [0.2, 0.25) is 5.02 Å². The second-order valence-electron chi connectivity index (χ2n) is 4.58. The minimum absolute atomic E-state index is 0.0416. The van der Waals surface area contributed by atoms with Gasteiger partial charge in [-0.25, -0.2) is 14.4 Å². The summed E-state index contributed by atoms with van der Waals surface area (Å²) < 4.78 is 15.5. The number of hydrogen-bond donors (Lipinski definition) is 1. The fourth-order valence-corrected chi connectivity index (χ4v) is 3.17. The van der Waals surface area contributed by atoms with Crippen molar-refractivity contribution in [2.45, 2.75) is 19.9 Å². The minimum Gasteiger partial charge on any atom is -0.369 e. The number of benzene rings is 1. The van der Waals surface area contributed by atoms with E-state index in [0.29, 0.717) is 17.0 Å². The van der Waals surface area contributed by atoms with E-state index >= 15 is 0 Å². The molecule has 1 unspecified atom stereocenters. The molecule has 0 radical (unpaired) electrons. The topological polar surface area (TPSA) is 56.7 Å². The molecule has 2 N–H and O–H groups in total. The summed E-state index contributed by atoms with van der Waals surface area (Å²) in [7, 11) is 0. The Bertz CT molecular complexity index is 795. The molecule has 0 amide bonds. The normalized spacial score (nSPS) is 13.0. The summed E-state index contributed by atoms with van der Waals surface area (Å²) in [5.41, 5.74) is 7.16. The smallest absolute Gasteiger partial charge is 0.201 e. The van der Waals surface area contributed by atoms with E-state index in [2.05, 4.69) is 9.97 Å². The molecule has 0 saturated carbocycles. The molecule has 0 spiro atoms. The molecule has 1 atom stereocenters. The second-order valence-corrected chi connectivity index (χ2v) is 6.25. The number of fused-ring (bicyclic) bond motifs is 1. The number of nitrogen functional groups attached to an aromatic ring is 1. The number of aromatic nitrogens is 3. The summed E-state index contributed by atoms with van der Waals surface area (Å²) in [6.07, 6.45) is 1.81. The van der Waals surface area contributed by atoms with Gasteiger partial charge in [-0.2, -0.15) is 0 Å². The van der Waals surface area contributed by atoms with E-state index < -0.39 is 5.82 Å². The van der Waals surface area contributed by atoms with Crippen LogP contribution in [0, 0.1) is 12.7 Å². The van der Waals surface area contributed by atoms with Crippen molar-refractivity contribution in [1.82, 2.24) is 14.5 Å². The summed E-state index contributed by atoms with van der Waals surface area (Å²) in [4.78, 5) is 9.70. The summed E-state index contributed by atoms with van der Waals surface area (Å²) in [6.45, 7) is 3.95. The van der Waals surface area contributed by atoms with Crippen LogP contribution in [-0.4, -0.2) is 14.5 Å². The number of aryl methyl sites for hydroxylation is 1. The van der Waals surface area contributed by atoms with Gasteiger partial charge in [0.2, 0.25) is 5.95 Å². The molecule has 1 aromatic carbocycles. The molecule has 0 aliphatic rings. The van der Waals surface area contributed by atoms with Crippen LogP contribution in [0.15, 0.2) is 18.3 Å². The van der Waals surface area contributed by atoms with E-state index in [9.17, 15) is 4.39 Å². The van der Waals surface area contributed by atoms with Crippen molar-refractivity contribution in [3.8, 4) is 0 Å². The third kappa shape index (κ3) is 2.05. The van der Waals surface area contributed by atoms with E-state index in [1.165, 1.54) is 12.1 Å². The molecule has 7 heteroatoms. The maximum Gasteiger partial charge on any atom is 0.201 e. The SMILES string of the molecule is Cc1cnc(C(C)n2c(N)nc3cc(Cl)c(F)cc32)s1. The van der Waals surface area contributed by atoms with Gasteiger partial charge in [0.1, 0.15) is 10.8 Å². The van der Waals surface area contributed by atoms with E-state index in [1.54, 1.807) is 15.9 Å². The van der Waals surface area contributed by atoms with Crippen LogP contribution in [0.3, 0.4) is 0 Å². The molecule has 0 saturated heterocycles. The fraction of sp³-hybridized carbons (Fsp3) is 0.231.